The molecule has 0 amide bonds. The monoisotopic (exact) mass is 404 g/mol. The zero-order valence-electron chi connectivity index (χ0n) is 16.6. The molecule has 0 unspecified atom stereocenters. The number of furan rings is 1. The van der Waals surface area contributed by atoms with Gasteiger partial charge in [0.25, 0.3) is 0 Å². The summed E-state index contributed by atoms with van der Waals surface area (Å²) in [6.45, 7) is 2.43. The van der Waals surface area contributed by atoms with Gasteiger partial charge in [-0.25, -0.2) is 4.79 Å². The molecule has 1 aromatic carbocycles. The maximum atomic E-state index is 11.5. The molecule has 0 fully saturated rings. The average molecular weight is 404 g/mol. The number of carbonyl (C=O) groups excluding carboxylic acids is 1. The molecular formula is C23H20N2O5. The van der Waals surface area contributed by atoms with Crippen LogP contribution in [0, 0.1) is 11.3 Å². The first-order valence-corrected chi connectivity index (χ1v) is 9.24. The van der Waals surface area contributed by atoms with Gasteiger partial charge in [0.15, 0.2) is 11.5 Å². The molecule has 0 N–H and O–H groups in total. The molecule has 0 aliphatic carbocycles. The van der Waals surface area contributed by atoms with E-state index >= 15 is 0 Å². The lowest BCUT2D eigenvalue weighted by Gasteiger charge is -2.12. The zero-order valence-corrected chi connectivity index (χ0v) is 16.6. The van der Waals surface area contributed by atoms with E-state index in [1.54, 1.807) is 42.6 Å². The summed E-state index contributed by atoms with van der Waals surface area (Å²) in [5.41, 5.74) is 1.81. The summed E-state index contributed by atoms with van der Waals surface area (Å²) in [6.07, 6.45) is 3.38. The molecule has 2 aromatic heterocycles. The van der Waals surface area contributed by atoms with Gasteiger partial charge in [0.2, 0.25) is 5.76 Å². The third kappa shape index (κ3) is 5.06. The van der Waals surface area contributed by atoms with Crippen molar-refractivity contribution in [3.63, 3.8) is 0 Å². The summed E-state index contributed by atoms with van der Waals surface area (Å²) in [4.78, 5) is 15.7. The fourth-order valence-corrected chi connectivity index (χ4v) is 2.67. The van der Waals surface area contributed by atoms with E-state index in [2.05, 4.69) is 15.8 Å². The summed E-state index contributed by atoms with van der Waals surface area (Å²) >= 11 is 0. The quantitative estimate of drug-likeness (QED) is 0.403. The normalized spacial score (nSPS) is 10.9. The molecule has 3 rings (SSSR count). The van der Waals surface area contributed by atoms with E-state index in [1.165, 1.54) is 13.2 Å². The molecule has 0 radical (unpaired) electrons. The number of allylic oxidation sites excluding steroid dienone is 1. The number of nitriles is 1. The highest BCUT2D eigenvalue weighted by molar-refractivity contribution is 5.88. The Bertz CT molecular complexity index is 1080. The number of carbonyl (C=O) groups is 1. The predicted octanol–water partition coefficient (Wildman–Crippen LogP) is 4.50. The maximum Gasteiger partial charge on any atom is 0.373 e. The number of nitrogens with zero attached hydrogens (tertiary/aromatic N) is 2. The number of aromatic nitrogens is 1. The van der Waals surface area contributed by atoms with Gasteiger partial charge in [0, 0.05) is 6.20 Å². The Hall–Kier alpha value is -4.05. The number of hydrogen-bond donors (Lipinski definition) is 0. The smallest absolute Gasteiger partial charge is 0.373 e. The Morgan fingerprint density at radius 3 is 2.73 bits per heavy atom. The number of methoxy groups -OCH3 is 1. The van der Waals surface area contributed by atoms with Crippen LogP contribution in [0.4, 0.5) is 0 Å². The van der Waals surface area contributed by atoms with E-state index in [9.17, 15) is 10.1 Å². The second-order valence-electron chi connectivity index (χ2n) is 6.07. The number of ether oxygens (including phenoxy) is 3. The molecule has 152 valence electrons. The van der Waals surface area contributed by atoms with Crippen LogP contribution in [0.5, 0.6) is 11.5 Å². The van der Waals surface area contributed by atoms with Gasteiger partial charge in [-0.1, -0.05) is 12.1 Å². The lowest BCUT2D eigenvalue weighted by molar-refractivity contribution is 0.0561. The molecule has 0 spiro atoms. The van der Waals surface area contributed by atoms with Crippen LogP contribution in [-0.4, -0.2) is 24.7 Å². The fraction of sp³-hybridized carbons (Fsp3) is 0.174. The Morgan fingerprint density at radius 1 is 1.17 bits per heavy atom. The van der Waals surface area contributed by atoms with Gasteiger partial charge in [-0.15, -0.1) is 0 Å². The SMILES string of the molecule is CCOc1cc(/C=C(\C#N)c2ccccn2)ccc1OCc1ccc(C(=O)OC)o1. The van der Waals surface area contributed by atoms with Crippen LogP contribution < -0.4 is 9.47 Å². The number of esters is 1. The van der Waals surface area contributed by atoms with E-state index in [1.807, 2.05) is 19.1 Å². The number of benzene rings is 1. The van der Waals surface area contributed by atoms with Gasteiger partial charge < -0.3 is 18.6 Å². The van der Waals surface area contributed by atoms with Crippen molar-refractivity contribution < 1.29 is 23.4 Å². The highest BCUT2D eigenvalue weighted by atomic mass is 16.5. The second kappa shape index (κ2) is 9.94. The first kappa shape index (κ1) is 20.7. The van der Waals surface area contributed by atoms with Crippen LogP contribution in [0.3, 0.4) is 0 Å². The van der Waals surface area contributed by atoms with Crippen LogP contribution in [0.15, 0.2) is 59.1 Å². The molecule has 30 heavy (non-hydrogen) atoms. The van der Waals surface area contributed by atoms with Gasteiger partial charge >= 0.3 is 5.97 Å². The van der Waals surface area contributed by atoms with Crippen LogP contribution >= 0.6 is 0 Å². The van der Waals surface area contributed by atoms with Crippen molar-refractivity contribution in [3.8, 4) is 17.6 Å². The fourth-order valence-electron chi connectivity index (χ4n) is 2.67. The highest BCUT2D eigenvalue weighted by Gasteiger charge is 2.13. The summed E-state index contributed by atoms with van der Waals surface area (Å²) in [5, 5.41) is 9.48. The number of hydrogen-bond acceptors (Lipinski definition) is 7. The first-order chi connectivity index (χ1) is 14.6. The van der Waals surface area contributed by atoms with E-state index in [-0.39, 0.29) is 12.4 Å². The van der Waals surface area contributed by atoms with Crippen LogP contribution in [0.1, 0.15) is 34.5 Å². The minimum absolute atomic E-state index is 0.111. The third-order valence-corrected chi connectivity index (χ3v) is 4.06. The molecular weight excluding hydrogens is 384 g/mol. The number of rotatable bonds is 8. The van der Waals surface area contributed by atoms with Crippen molar-refractivity contribution in [2.75, 3.05) is 13.7 Å². The third-order valence-electron chi connectivity index (χ3n) is 4.06. The molecule has 0 saturated carbocycles. The van der Waals surface area contributed by atoms with Crippen LogP contribution in [0.25, 0.3) is 11.6 Å². The van der Waals surface area contributed by atoms with E-state index in [4.69, 9.17) is 13.9 Å². The second-order valence-corrected chi connectivity index (χ2v) is 6.07. The molecule has 0 aliphatic rings. The Morgan fingerprint density at radius 2 is 2.03 bits per heavy atom. The Kier molecular flexibility index (Phi) is 6.85. The molecule has 0 aliphatic heterocycles. The lowest BCUT2D eigenvalue weighted by atomic mass is 10.1. The molecule has 2 heterocycles. The van der Waals surface area contributed by atoms with Gasteiger partial charge in [-0.3, -0.25) is 4.98 Å². The van der Waals surface area contributed by atoms with E-state index < -0.39 is 5.97 Å². The Balaban J connectivity index is 1.79. The molecule has 0 saturated heterocycles. The van der Waals surface area contributed by atoms with Crippen LogP contribution in [-0.2, 0) is 11.3 Å². The zero-order chi connectivity index (χ0) is 21.3. The standard InChI is InChI=1S/C23H20N2O5/c1-3-28-22-13-16(12-17(14-24)19-6-4-5-11-25-19)7-9-20(22)29-15-18-8-10-21(30-18)23(26)27-2/h4-13H,3,15H2,1-2H3/b17-12+. The average Bonchev–Trinajstić information content (AvgIpc) is 3.26. The molecule has 0 bridgehead atoms. The van der Waals surface area contributed by atoms with Crippen molar-refractivity contribution in [3.05, 3.63) is 77.5 Å². The molecule has 0 atom stereocenters. The van der Waals surface area contributed by atoms with E-state index in [0.717, 1.165) is 5.56 Å². The summed E-state index contributed by atoms with van der Waals surface area (Å²) < 4.78 is 21.5. The summed E-state index contributed by atoms with van der Waals surface area (Å²) in [6, 6.07) is 16.1. The van der Waals surface area contributed by atoms with Gasteiger partial charge in [0.1, 0.15) is 18.4 Å². The summed E-state index contributed by atoms with van der Waals surface area (Å²) in [5.74, 6) is 1.09. The van der Waals surface area contributed by atoms with E-state index in [0.29, 0.717) is 35.1 Å². The van der Waals surface area contributed by atoms with Crippen LogP contribution in [0.2, 0.25) is 0 Å². The number of pyridine rings is 1. The molecule has 7 heteroatoms. The van der Waals surface area contributed by atoms with Crippen molar-refractivity contribution in [1.29, 1.82) is 5.26 Å². The minimum atomic E-state index is -0.548. The largest absolute Gasteiger partial charge is 0.490 e. The predicted molar refractivity (Wildman–Crippen MR) is 110 cm³/mol. The topological polar surface area (TPSA) is 94.6 Å². The van der Waals surface area contributed by atoms with Gasteiger partial charge in [0.05, 0.1) is 25.0 Å². The lowest BCUT2D eigenvalue weighted by Crippen LogP contribution is -2.00. The first-order valence-electron chi connectivity index (χ1n) is 9.24. The summed E-state index contributed by atoms with van der Waals surface area (Å²) in [7, 11) is 1.29. The highest BCUT2D eigenvalue weighted by Crippen LogP contribution is 2.31. The van der Waals surface area contributed by atoms with Crippen molar-refractivity contribution in [1.82, 2.24) is 4.98 Å². The molecule has 7 nitrogen and oxygen atoms in total. The van der Waals surface area contributed by atoms with Gasteiger partial charge in [-0.2, -0.15) is 5.26 Å². The van der Waals surface area contributed by atoms with Crippen molar-refractivity contribution >= 4 is 17.6 Å². The Labute approximate surface area is 174 Å². The van der Waals surface area contributed by atoms with Crippen molar-refractivity contribution in [2.45, 2.75) is 13.5 Å². The van der Waals surface area contributed by atoms with Gasteiger partial charge in [-0.05, 0) is 55.0 Å². The van der Waals surface area contributed by atoms with Crippen molar-refractivity contribution in [2.24, 2.45) is 0 Å². The maximum absolute atomic E-state index is 11.5. The molecule has 3 aromatic rings. The minimum Gasteiger partial charge on any atom is -0.490 e.